The molecule has 1 fully saturated rings. The van der Waals surface area contributed by atoms with Crippen molar-refractivity contribution in [2.24, 2.45) is 5.92 Å². The van der Waals surface area contributed by atoms with Crippen molar-refractivity contribution in [2.75, 3.05) is 12.0 Å². The summed E-state index contributed by atoms with van der Waals surface area (Å²) in [7, 11) is 1.45. The average molecular weight is 633 g/mol. The van der Waals surface area contributed by atoms with Crippen molar-refractivity contribution in [3.05, 3.63) is 103 Å². The van der Waals surface area contributed by atoms with Crippen molar-refractivity contribution in [3.63, 3.8) is 0 Å². The van der Waals surface area contributed by atoms with Gasteiger partial charge in [-0.1, -0.05) is 65.0 Å². The number of amides is 2. The van der Waals surface area contributed by atoms with Gasteiger partial charge in [0.25, 0.3) is 0 Å². The lowest BCUT2D eigenvalue weighted by Gasteiger charge is -2.30. The number of para-hydroxylation sites is 1. The highest BCUT2D eigenvalue weighted by Gasteiger charge is 2.57. The summed E-state index contributed by atoms with van der Waals surface area (Å²) in [5.74, 6) is -2.65. The monoisotopic (exact) mass is 632 g/mol. The number of carbonyl (C=O) groups is 2. The molecule has 0 spiro atoms. The molecular weight excluding hydrogens is 613 g/mol. The van der Waals surface area contributed by atoms with E-state index in [0.717, 1.165) is 40.8 Å². The zero-order valence-corrected chi connectivity index (χ0v) is 24.0. The third kappa shape index (κ3) is 4.97. The summed E-state index contributed by atoms with van der Waals surface area (Å²) in [6.07, 6.45) is -4.78. The van der Waals surface area contributed by atoms with Crippen LogP contribution in [-0.2, 0) is 22.4 Å². The number of thioether (sulfide) groups is 1. The van der Waals surface area contributed by atoms with Gasteiger partial charge < -0.3 is 14.5 Å². The number of methoxy groups -OCH3 is 1. The fraction of sp³-hybridized carbons (Fsp3) is 0.207. The number of imide groups is 1. The number of H-pyrrole nitrogens is 1. The molecule has 2 amide bonds. The van der Waals surface area contributed by atoms with E-state index in [1.807, 2.05) is 12.1 Å². The van der Waals surface area contributed by atoms with E-state index in [1.54, 1.807) is 30.3 Å². The first-order valence-corrected chi connectivity index (χ1v) is 14.6. The number of aromatic amines is 1. The lowest BCUT2D eigenvalue weighted by atomic mass is 9.83. The molecule has 216 valence electrons. The van der Waals surface area contributed by atoms with Gasteiger partial charge in [-0.2, -0.15) is 13.2 Å². The fourth-order valence-corrected chi connectivity index (χ4v) is 7.90. The zero-order valence-electron chi connectivity index (χ0n) is 21.6. The molecule has 2 aliphatic rings. The van der Waals surface area contributed by atoms with Crippen LogP contribution in [0.25, 0.3) is 0 Å². The van der Waals surface area contributed by atoms with Gasteiger partial charge in [0.05, 0.1) is 29.3 Å². The van der Waals surface area contributed by atoms with Crippen molar-refractivity contribution in [2.45, 2.75) is 29.0 Å². The van der Waals surface area contributed by atoms with Crippen LogP contribution in [0.2, 0.25) is 5.02 Å². The minimum atomic E-state index is -4.78. The van der Waals surface area contributed by atoms with Crippen LogP contribution in [0.4, 0.5) is 18.9 Å². The van der Waals surface area contributed by atoms with Crippen LogP contribution in [0.3, 0.4) is 0 Å². The van der Waals surface area contributed by atoms with E-state index >= 15 is 0 Å². The molecule has 42 heavy (non-hydrogen) atoms. The summed E-state index contributed by atoms with van der Waals surface area (Å²) in [5, 5.41) is -0.0461. The normalized spacial score (nSPS) is 19.9. The van der Waals surface area contributed by atoms with E-state index in [0.29, 0.717) is 36.9 Å². The Morgan fingerprint density at radius 1 is 0.976 bits per heavy atom. The van der Waals surface area contributed by atoms with E-state index < -0.39 is 46.3 Å². The molecule has 0 saturated carbocycles. The first-order chi connectivity index (χ1) is 20.1. The number of rotatable bonds is 6. The molecule has 6 rings (SSSR count). The quantitative estimate of drug-likeness (QED) is 0.245. The Bertz CT molecular complexity index is 1760. The van der Waals surface area contributed by atoms with Crippen molar-refractivity contribution < 1.29 is 32.2 Å². The van der Waals surface area contributed by atoms with Crippen LogP contribution in [0.15, 0.2) is 76.6 Å². The first kappa shape index (κ1) is 28.4. The van der Waals surface area contributed by atoms with Crippen molar-refractivity contribution >= 4 is 52.2 Å². The maximum absolute atomic E-state index is 13.9. The molecule has 2 aliphatic heterocycles. The van der Waals surface area contributed by atoms with E-state index in [2.05, 4.69) is 4.98 Å². The topological polar surface area (TPSA) is 88.7 Å². The molecule has 3 aromatic carbocycles. The van der Waals surface area contributed by atoms with Crippen LogP contribution >= 0.6 is 34.7 Å². The van der Waals surface area contributed by atoms with Gasteiger partial charge in [-0.25, -0.2) is 4.90 Å². The fourth-order valence-electron chi connectivity index (χ4n) is 5.26. The molecule has 1 N–H and O–H groups in total. The van der Waals surface area contributed by atoms with Crippen molar-refractivity contribution in [3.8, 4) is 11.5 Å². The highest BCUT2D eigenvalue weighted by molar-refractivity contribution is 8.00. The summed E-state index contributed by atoms with van der Waals surface area (Å²) in [6, 6.07) is 16.7. The molecule has 0 radical (unpaired) electrons. The SMILES string of the molecule is COc1cc(C2c3sc(=O)[nH]c3SC3C(=O)N(c4ccccc4C(F)(F)F)C(=O)C32)ccc1OCc1ccc(Cl)cc1. The van der Waals surface area contributed by atoms with Crippen LogP contribution in [0.1, 0.15) is 27.5 Å². The number of halogens is 4. The number of hydrogen-bond donors (Lipinski definition) is 1. The number of benzene rings is 3. The first-order valence-electron chi connectivity index (χ1n) is 12.6. The Morgan fingerprint density at radius 3 is 2.43 bits per heavy atom. The second kappa shape index (κ2) is 10.8. The van der Waals surface area contributed by atoms with Crippen LogP contribution in [0.5, 0.6) is 11.5 Å². The number of alkyl halides is 3. The summed E-state index contributed by atoms with van der Waals surface area (Å²) in [6.45, 7) is 0.224. The van der Waals surface area contributed by atoms with Crippen LogP contribution < -0.4 is 19.2 Å². The minimum absolute atomic E-state index is 0.224. The smallest absolute Gasteiger partial charge is 0.418 e. The lowest BCUT2D eigenvalue weighted by Crippen LogP contribution is -2.33. The van der Waals surface area contributed by atoms with Crippen LogP contribution in [-0.4, -0.2) is 29.2 Å². The van der Waals surface area contributed by atoms with Gasteiger partial charge in [0.2, 0.25) is 11.8 Å². The van der Waals surface area contributed by atoms with E-state index in [4.69, 9.17) is 21.1 Å². The number of carbonyl (C=O) groups excluding carboxylic acids is 2. The maximum Gasteiger partial charge on any atom is 0.418 e. The molecule has 1 aromatic heterocycles. The summed E-state index contributed by atoms with van der Waals surface area (Å²) in [5.41, 5.74) is -0.189. The van der Waals surface area contributed by atoms with Gasteiger partial charge >= 0.3 is 11.0 Å². The average Bonchev–Trinajstić information content (AvgIpc) is 3.46. The maximum atomic E-state index is 13.9. The Morgan fingerprint density at radius 2 is 1.71 bits per heavy atom. The van der Waals surface area contributed by atoms with Gasteiger partial charge in [0.15, 0.2) is 11.5 Å². The molecule has 13 heteroatoms. The molecule has 7 nitrogen and oxygen atoms in total. The zero-order chi connectivity index (χ0) is 29.8. The number of aromatic nitrogens is 1. The third-order valence-electron chi connectivity index (χ3n) is 7.13. The molecule has 3 unspecified atom stereocenters. The highest BCUT2D eigenvalue weighted by atomic mass is 35.5. The third-order valence-corrected chi connectivity index (χ3v) is 9.78. The Balaban J connectivity index is 1.39. The Kier molecular flexibility index (Phi) is 7.32. The molecule has 1 saturated heterocycles. The van der Waals surface area contributed by atoms with Gasteiger partial charge in [-0.05, 0) is 47.5 Å². The predicted octanol–water partition coefficient (Wildman–Crippen LogP) is 6.49. The minimum Gasteiger partial charge on any atom is -0.493 e. The standard InChI is InChI=1S/C29H20ClF3N2O5S2/c1-39-20-12-15(8-11-19(20)40-13-14-6-9-16(30)10-7-14)21-22-24(41-25-23(21)42-28(38)34-25)27(37)35(26(22)36)18-5-3-2-4-17(18)29(31,32)33/h2-12,21-22,24H,13H2,1H3,(H,34,38). The molecule has 4 aromatic rings. The van der Waals surface area contributed by atoms with Gasteiger partial charge in [0.1, 0.15) is 11.9 Å². The highest BCUT2D eigenvalue weighted by Crippen LogP contribution is 2.54. The molecule has 3 atom stereocenters. The molecule has 3 heterocycles. The second-order valence-corrected chi connectivity index (χ2v) is 12.2. The number of ether oxygens (including phenoxy) is 2. The second-order valence-electron chi connectivity index (χ2n) is 9.60. The molecule has 0 bridgehead atoms. The van der Waals surface area contributed by atoms with Gasteiger partial charge in [0, 0.05) is 15.8 Å². The summed E-state index contributed by atoms with van der Waals surface area (Å²) in [4.78, 5) is 43.4. The van der Waals surface area contributed by atoms with Gasteiger partial charge in [-0.15, -0.1) is 0 Å². The number of nitrogens with one attached hydrogen (secondary N) is 1. The van der Waals surface area contributed by atoms with Crippen molar-refractivity contribution in [1.29, 1.82) is 0 Å². The van der Waals surface area contributed by atoms with E-state index in [-0.39, 0.29) is 11.5 Å². The summed E-state index contributed by atoms with van der Waals surface area (Å²) < 4.78 is 53.1. The van der Waals surface area contributed by atoms with Crippen LogP contribution in [0, 0.1) is 5.92 Å². The Hall–Kier alpha value is -3.74. The molecule has 0 aliphatic carbocycles. The number of thiazole rings is 1. The summed E-state index contributed by atoms with van der Waals surface area (Å²) >= 11 is 7.84. The molecular formula is C29H20ClF3N2O5S2. The Labute approximate surface area is 250 Å². The van der Waals surface area contributed by atoms with E-state index in [9.17, 15) is 27.6 Å². The number of hydrogen-bond acceptors (Lipinski definition) is 7. The number of fused-ring (bicyclic) bond motifs is 2. The predicted molar refractivity (Wildman–Crippen MR) is 153 cm³/mol. The van der Waals surface area contributed by atoms with E-state index in [1.165, 1.54) is 19.2 Å². The number of anilines is 1. The lowest BCUT2D eigenvalue weighted by molar-refractivity contribution is -0.137. The number of nitrogens with zero attached hydrogens (tertiary/aromatic N) is 1. The largest absolute Gasteiger partial charge is 0.493 e. The van der Waals surface area contributed by atoms with Crippen molar-refractivity contribution in [1.82, 2.24) is 4.98 Å². The van der Waals surface area contributed by atoms with Gasteiger partial charge in [-0.3, -0.25) is 14.4 Å².